The summed E-state index contributed by atoms with van der Waals surface area (Å²) < 4.78 is 16.6. The molecule has 5 rings (SSSR count). The number of fused-ring (bicyclic) bond motifs is 2. The molecule has 462 valence electrons. The Morgan fingerprint density at radius 3 is 1.95 bits per heavy atom. The van der Waals surface area contributed by atoms with Gasteiger partial charge in [0.25, 0.3) is 0 Å². The lowest BCUT2D eigenvalue weighted by Gasteiger charge is -2.35. The van der Waals surface area contributed by atoms with Gasteiger partial charge in [0.15, 0.2) is 11.5 Å². The van der Waals surface area contributed by atoms with Gasteiger partial charge in [-0.25, -0.2) is 9.59 Å². The lowest BCUT2D eigenvalue weighted by Crippen LogP contribution is -2.64. The van der Waals surface area contributed by atoms with Gasteiger partial charge >= 0.3 is 12.2 Å². The van der Waals surface area contributed by atoms with Crippen LogP contribution in [-0.4, -0.2) is 238 Å². The molecule has 83 heavy (non-hydrogen) atoms. The van der Waals surface area contributed by atoms with E-state index in [1.807, 2.05) is 6.07 Å². The summed E-state index contributed by atoms with van der Waals surface area (Å²) in [4.78, 5) is 117. The monoisotopic (exact) mass is 1170 g/mol. The second-order valence-corrected chi connectivity index (χ2v) is 23.2. The number of hydrogen-bond donors (Lipinski definition) is 14. The van der Waals surface area contributed by atoms with Crippen LogP contribution in [0.2, 0.25) is 0 Å². The third kappa shape index (κ3) is 18.5. The first kappa shape index (κ1) is 66.9. The van der Waals surface area contributed by atoms with Crippen molar-refractivity contribution < 1.29 is 98.5 Å². The van der Waals surface area contributed by atoms with E-state index >= 15 is 9.59 Å². The SMILES string of the molecule is C[C@@H](O)C1NC(=O)[C@H](NC(=O)OC(C)(C)C)C[C@@H](O)CNC(=O)[C@@H]2[C@@H](O)[C@@H](C)CN2C(=O)[C@H]([C@H](O)CCN(C(=O)OC(C)(C)C)C(CO)CO)NC(=O)[C@H]([C@H](O)Cc2ccc(OCc3ccccc3)c(O)c2)NC(=O)[C@@H]2C[C@@H](O)CN2C1=O. The number of amides is 8. The lowest BCUT2D eigenvalue weighted by atomic mass is 9.98. The van der Waals surface area contributed by atoms with E-state index in [-0.39, 0.29) is 23.7 Å². The summed E-state index contributed by atoms with van der Waals surface area (Å²) in [6.07, 6.45) is -15.3. The number of aliphatic hydroxyl groups is 8. The van der Waals surface area contributed by atoms with Gasteiger partial charge in [0, 0.05) is 51.4 Å². The van der Waals surface area contributed by atoms with Crippen LogP contribution in [-0.2, 0) is 51.3 Å². The number of phenolic OH excluding ortho intramolecular Hbond substituents is 1. The first-order valence-corrected chi connectivity index (χ1v) is 27.4. The van der Waals surface area contributed by atoms with Crippen LogP contribution in [0, 0.1) is 5.92 Å². The predicted molar refractivity (Wildman–Crippen MR) is 291 cm³/mol. The van der Waals surface area contributed by atoms with Crippen molar-refractivity contribution in [2.75, 3.05) is 39.4 Å². The molecule has 3 aliphatic rings. The Kier molecular flexibility index (Phi) is 23.4. The number of aromatic hydroxyl groups is 1. The molecule has 0 radical (unpaired) electrons. The maximum Gasteiger partial charge on any atom is 0.410 e. The first-order chi connectivity index (χ1) is 38.8. The van der Waals surface area contributed by atoms with Crippen molar-refractivity contribution in [3.63, 3.8) is 0 Å². The number of nitrogens with one attached hydrogen (secondary N) is 5. The van der Waals surface area contributed by atoms with E-state index in [9.17, 15) is 74.7 Å². The Hall–Kier alpha value is -6.92. The molecule has 1 unspecified atom stereocenters. The molecule has 3 heterocycles. The number of carbonyl (C=O) groups is 8. The molecule has 2 aromatic carbocycles. The van der Waals surface area contributed by atoms with Gasteiger partial charge in [0.1, 0.15) is 54.1 Å². The fourth-order valence-corrected chi connectivity index (χ4v) is 9.71. The molecule has 0 aliphatic carbocycles. The average Bonchev–Trinajstić information content (AvgIpc) is 3.12. The van der Waals surface area contributed by atoms with Crippen LogP contribution in [0.4, 0.5) is 9.59 Å². The Balaban J connectivity index is 1.62. The highest BCUT2D eigenvalue weighted by molar-refractivity contribution is 5.98. The van der Waals surface area contributed by atoms with Gasteiger partial charge in [-0.2, -0.15) is 0 Å². The van der Waals surface area contributed by atoms with Crippen LogP contribution in [0.5, 0.6) is 11.5 Å². The van der Waals surface area contributed by atoms with Crippen LogP contribution in [0.3, 0.4) is 0 Å². The standard InChI is InChI=1S/C55H82N8O20/c1-28-23-63-44(45(28)72)49(76)56-22-33(67)20-35(57-52(79)82-54(3,4)5)46(73)58-41(29(2)66)50(77)62-24-34(68)21-36(62)47(74)59-42(39(71)19-31-14-15-40(38(70)18-31)81-27-30-12-10-9-11-13-30)48(75)60-43(51(63)78)37(69)16-17-61(32(25-64)26-65)53(80)83-55(6,7)8/h9-15,18,28-29,32-37,39,41-45,64-72H,16-17,19-27H2,1-8H3,(H,56,76)(H,57,79)(H,58,73)(H,59,74)(H,60,75)/t28-,29+,33+,34+,35+,36-,37+,39+,41?,42-,43-,44-,45-/m0/s1. The topological polar surface area (TPSA) is 416 Å². The average molecular weight is 1180 g/mol. The molecule has 14 N–H and O–H groups in total. The van der Waals surface area contributed by atoms with Crippen molar-refractivity contribution in [3.8, 4) is 11.5 Å². The highest BCUT2D eigenvalue weighted by atomic mass is 16.6. The van der Waals surface area contributed by atoms with Crippen LogP contribution >= 0.6 is 0 Å². The number of benzene rings is 2. The number of β-amino-alcohol motifs (C(OH)–C–C–N with tert-alkyl or cyclic N) is 1. The normalized spacial score (nSPS) is 26.5. The first-order valence-electron chi connectivity index (χ1n) is 27.4. The maximum absolute atomic E-state index is 15.1. The third-order valence-electron chi connectivity index (χ3n) is 14.0. The molecule has 2 aromatic rings. The summed E-state index contributed by atoms with van der Waals surface area (Å²) in [5.41, 5.74) is -1.27. The number of hydrogen-bond acceptors (Lipinski definition) is 20. The van der Waals surface area contributed by atoms with E-state index in [0.29, 0.717) is 0 Å². The maximum atomic E-state index is 15.1. The van der Waals surface area contributed by atoms with Crippen molar-refractivity contribution in [3.05, 3.63) is 59.7 Å². The molecule has 8 amide bonds. The molecule has 3 fully saturated rings. The Labute approximate surface area is 480 Å². The minimum Gasteiger partial charge on any atom is -0.504 e. The smallest absolute Gasteiger partial charge is 0.410 e. The summed E-state index contributed by atoms with van der Waals surface area (Å²) in [5.74, 6) is -8.48. The number of rotatable bonds is 15. The largest absolute Gasteiger partial charge is 0.504 e. The van der Waals surface area contributed by atoms with Crippen LogP contribution in [0.1, 0.15) is 85.8 Å². The van der Waals surface area contributed by atoms with Crippen molar-refractivity contribution in [2.24, 2.45) is 5.92 Å². The van der Waals surface area contributed by atoms with Crippen LogP contribution in [0.25, 0.3) is 0 Å². The molecule has 28 nitrogen and oxygen atoms in total. The van der Waals surface area contributed by atoms with Crippen molar-refractivity contribution in [2.45, 2.75) is 178 Å². The zero-order valence-corrected chi connectivity index (χ0v) is 47.8. The molecule has 28 heteroatoms. The van der Waals surface area contributed by atoms with Gasteiger partial charge in [-0.3, -0.25) is 28.8 Å². The third-order valence-corrected chi connectivity index (χ3v) is 14.0. The van der Waals surface area contributed by atoms with Gasteiger partial charge in [-0.05, 0) is 78.1 Å². The molecule has 0 spiro atoms. The zero-order valence-electron chi connectivity index (χ0n) is 47.8. The summed E-state index contributed by atoms with van der Waals surface area (Å²) in [6, 6.07) is 0.131. The van der Waals surface area contributed by atoms with E-state index in [4.69, 9.17) is 14.2 Å². The predicted octanol–water partition coefficient (Wildman–Crippen LogP) is -3.01. The minimum absolute atomic E-state index is 0.0387. The number of carbonyl (C=O) groups excluding carboxylic acids is 8. The van der Waals surface area contributed by atoms with Gasteiger partial charge in [-0.1, -0.05) is 43.3 Å². The summed E-state index contributed by atoms with van der Waals surface area (Å²) >= 11 is 0. The molecular formula is C55H82N8O20. The number of alkyl carbamates (subject to hydrolysis) is 1. The molecule has 3 saturated heterocycles. The van der Waals surface area contributed by atoms with E-state index in [0.717, 1.165) is 27.2 Å². The molecule has 0 saturated carbocycles. The molecule has 0 bridgehead atoms. The van der Waals surface area contributed by atoms with Crippen LogP contribution in [0.15, 0.2) is 48.5 Å². The van der Waals surface area contributed by atoms with Crippen molar-refractivity contribution in [1.82, 2.24) is 41.3 Å². The quantitative estimate of drug-likeness (QED) is 0.0845. The Morgan fingerprint density at radius 2 is 1.35 bits per heavy atom. The summed E-state index contributed by atoms with van der Waals surface area (Å²) in [6.45, 7) is 8.01. The van der Waals surface area contributed by atoms with Crippen LogP contribution < -0.4 is 31.3 Å². The van der Waals surface area contributed by atoms with Crippen molar-refractivity contribution >= 4 is 47.6 Å². The molecule has 0 aromatic heterocycles. The van der Waals surface area contributed by atoms with Gasteiger partial charge in [-0.15, -0.1) is 0 Å². The summed E-state index contributed by atoms with van der Waals surface area (Å²) in [5, 5.41) is 112. The second-order valence-electron chi connectivity index (χ2n) is 23.2. The number of ether oxygens (including phenoxy) is 3. The number of nitrogens with zero attached hydrogens (tertiary/aromatic N) is 3. The van der Waals surface area contributed by atoms with Gasteiger partial charge < -0.3 is 101 Å². The van der Waals surface area contributed by atoms with E-state index in [1.165, 1.54) is 45.9 Å². The number of aliphatic hydroxyl groups excluding tert-OH is 8. The van der Waals surface area contributed by atoms with E-state index in [1.54, 1.807) is 45.0 Å². The van der Waals surface area contributed by atoms with E-state index in [2.05, 4.69) is 26.6 Å². The minimum atomic E-state index is -2.19. The van der Waals surface area contributed by atoms with Gasteiger partial charge in [0.2, 0.25) is 35.4 Å². The van der Waals surface area contributed by atoms with Crippen molar-refractivity contribution in [1.29, 1.82) is 0 Å². The highest BCUT2D eigenvalue weighted by Gasteiger charge is 2.50. The zero-order chi connectivity index (χ0) is 61.8. The molecular weight excluding hydrogens is 1090 g/mol. The lowest BCUT2D eigenvalue weighted by molar-refractivity contribution is -0.147. The highest BCUT2D eigenvalue weighted by Crippen LogP contribution is 2.30. The second kappa shape index (κ2) is 29.1. The van der Waals surface area contributed by atoms with E-state index < -0.39 is 209 Å². The Morgan fingerprint density at radius 1 is 0.735 bits per heavy atom. The fraction of sp³-hybridized carbons (Fsp3) is 0.636. The molecule has 3 aliphatic heterocycles. The van der Waals surface area contributed by atoms with Gasteiger partial charge in [0.05, 0.1) is 55.9 Å². The molecule has 13 atom stereocenters. The number of phenols is 1. The summed E-state index contributed by atoms with van der Waals surface area (Å²) in [7, 11) is 0. The Bertz CT molecular complexity index is 2580. The fourth-order valence-electron chi connectivity index (χ4n) is 9.71.